The van der Waals surface area contributed by atoms with Crippen LogP contribution in [0.5, 0.6) is 0 Å². The molecule has 4 heteroatoms. The SMILES string of the molecule is CN(CCCO)C(N)=S. The van der Waals surface area contributed by atoms with Gasteiger partial charge in [-0.15, -0.1) is 0 Å². The van der Waals surface area contributed by atoms with Gasteiger partial charge in [-0.2, -0.15) is 0 Å². The van der Waals surface area contributed by atoms with Crippen LogP contribution in [-0.2, 0) is 0 Å². The van der Waals surface area contributed by atoms with E-state index in [9.17, 15) is 0 Å². The molecule has 0 atom stereocenters. The van der Waals surface area contributed by atoms with E-state index in [1.165, 1.54) is 0 Å². The highest BCUT2D eigenvalue weighted by atomic mass is 32.1. The topological polar surface area (TPSA) is 49.5 Å². The van der Waals surface area contributed by atoms with Crippen molar-refractivity contribution in [2.24, 2.45) is 5.73 Å². The normalized spacial score (nSPS) is 9.11. The number of aliphatic hydroxyl groups is 1. The number of hydrogen-bond acceptors (Lipinski definition) is 2. The van der Waals surface area contributed by atoms with E-state index in [1.54, 1.807) is 11.9 Å². The van der Waals surface area contributed by atoms with Crippen LogP contribution in [0.4, 0.5) is 0 Å². The maximum atomic E-state index is 8.39. The van der Waals surface area contributed by atoms with Gasteiger partial charge in [-0.05, 0) is 18.6 Å². The van der Waals surface area contributed by atoms with Gasteiger partial charge >= 0.3 is 0 Å². The van der Waals surface area contributed by atoms with E-state index in [0.29, 0.717) is 11.5 Å². The third-order valence-corrected chi connectivity index (χ3v) is 1.34. The molecule has 0 aromatic heterocycles. The average Bonchev–Trinajstić information content (AvgIpc) is 1.82. The summed E-state index contributed by atoms with van der Waals surface area (Å²) < 4.78 is 0. The van der Waals surface area contributed by atoms with Crippen LogP contribution in [-0.4, -0.2) is 35.3 Å². The Morgan fingerprint density at radius 1 is 1.78 bits per heavy atom. The van der Waals surface area contributed by atoms with Gasteiger partial charge in [0.1, 0.15) is 0 Å². The van der Waals surface area contributed by atoms with E-state index >= 15 is 0 Å². The number of rotatable bonds is 3. The minimum atomic E-state index is 0.187. The van der Waals surface area contributed by atoms with E-state index in [4.69, 9.17) is 10.8 Å². The Morgan fingerprint density at radius 3 is 2.67 bits per heavy atom. The van der Waals surface area contributed by atoms with Gasteiger partial charge in [-0.25, -0.2) is 0 Å². The molecule has 54 valence electrons. The van der Waals surface area contributed by atoms with E-state index in [0.717, 1.165) is 6.54 Å². The van der Waals surface area contributed by atoms with Gasteiger partial charge in [0.15, 0.2) is 5.11 Å². The summed E-state index contributed by atoms with van der Waals surface area (Å²) in [6.07, 6.45) is 0.716. The highest BCUT2D eigenvalue weighted by Crippen LogP contribution is 1.84. The molecule has 0 saturated carbocycles. The van der Waals surface area contributed by atoms with Gasteiger partial charge in [0.05, 0.1) is 0 Å². The monoisotopic (exact) mass is 148 g/mol. The molecule has 0 radical (unpaired) electrons. The second-order valence-corrected chi connectivity index (χ2v) is 2.26. The van der Waals surface area contributed by atoms with Crippen molar-refractivity contribution in [1.29, 1.82) is 0 Å². The first-order valence-corrected chi connectivity index (χ1v) is 3.20. The van der Waals surface area contributed by atoms with Crippen LogP contribution in [0.15, 0.2) is 0 Å². The number of nitrogens with two attached hydrogens (primary N) is 1. The summed E-state index contributed by atoms with van der Waals surface area (Å²) in [5, 5.41) is 8.76. The molecule has 0 rings (SSSR count). The zero-order valence-corrected chi connectivity index (χ0v) is 6.32. The minimum absolute atomic E-state index is 0.187. The second-order valence-electron chi connectivity index (χ2n) is 1.84. The molecular weight excluding hydrogens is 136 g/mol. The Balaban J connectivity index is 3.27. The fourth-order valence-electron chi connectivity index (χ4n) is 0.418. The summed E-state index contributed by atoms with van der Waals surface area (Å²) in [7, 11) is 1.80. The molecule has 0 fully saturated rings. The molecule has 0 saturated heterocycles. The lowest BCUT2D eigenvalue weighted by atomic mass is 10.4. The molecular formula is C5H12N2OS. The number of nitrogens with zero attached hydrogens (tertiary/aromatic N) is 1. The zero-order chi connectivity index (χ0) is 7.28. The summed E-state index contributed by atoms with van der Waals surface area (Å²) in [5.41, 5.74) is 5.25. The molecule has 0 amide bonds. The standard InChI is InChI=1S/C5H12N2OS/c1-7(5(6)9)3-2-4-8/h8H,2-4H2,1H3,(H2,6,9). The van der Waals surface area contributed by atoms with Crippen molar-refractivity contribution in [3.63, 3.8) is 0 Å². The highest BCUT2D eigenvalue weighted by molar-refractivity contribution is 7.80. The Bertz CT molecular complexity index is 97.0. The van der Waals surface area contributed by atoms with Crippen LogP contribution in [0, 0.1) is 0 Å². The molecule has 0 bridgehead atoms. The van der Waals surface area contributed by atoms with Gasteiger partial charge < -0.3 is 15.7 Å². The van der Waals surface area contributed by atoms with E-state index in [1.807, 2.05) is 0 Å². The fourth-order valence-corrected chi connectivity index (χ4v) is 0.509. The lowest BCUT2D eigenvalue weighted by molar-refractivity contribution is 0.274. The lowest BCUT2D eigenvalue weighted by Crippen LogP contribution is -2.32. The first-order chi connectivity index (χ1) is 4.18. The van der Waals surface area contributed by atoms with Crippen molar-refractivity contribution >= 4 is 17.3 Å². The van der Waals surface area contributed by atoms with Gasteiger partial charge in [0.25, 0.3) is 0 Å². The third kappa shape index (κ3) is 4.17. The zero-order valence-electron chi connectivity index (χ0n) is 5.50. The van der Waals surface area contributed by atoms with E-state index in [2.05, 4.69) is 12.2 Å². The summed E-state index contributed by atoms with van der Waals surface area (Å²) in [6, 6.07) is 0. The number of thiocarbonyl (C=S) groups is 1. The predicted molar refractivity (Wildman–Crippen MR) is 41.1 cm³/mol. The van der Waals surface area contributed by atoms with Crippen molar-refractivity contribution in [3.05, 3.63) is 0 Å². The Labute approximate surface area is 60.5 Å². The van der Waals surface area contributed by atoms with Crippen molar-refractivity contribution in [2.75, 3.05) is 20.2 Å². The molecule has 0 spiro atoms. The highest BCUT2D eigenvalue weighted by Gasteiger charge is 1.95. The quantitative estimate of drug-likeness (QED) is 0.532. The molecule has 9 heavy (non-hydrogen) atoms. The maximum absolute atomic E-state index is 8.39. The number of aliphatic hydroxyl groups excluding tert-OH is 1. The summed E-state index contributed by atoms with van der Waals surface area (Å²) in [6.45, 7) is 0.915. The lowest BCUT2D eigenvalue weighted by Gasteiger charge is -2.14. The summed E-state index contributed by atoms with van der Waals surface area (Å²) >= 11 is 4.65. The predicted octanol–water partition coefficient (Wildman–Crippen LogP) is -0.456. The largest absolute Gasteiger partial charge is 0.396 e. The number of hydrogen-bond donors (Lipinski definition) is 2. The van der Waals surface area contributed by atoms with Gasteiger partial charge in [-0.3, -0.25) is 0 Å². The minimum Gasteiger partial charge on any atom is -0.396 e. The summed E-state index contributed by atoms with van der Waals surface area (Å²) in [5.74, 6) is 0. The molecule has 0 aliphatic rings. The molecule has 3 N–H and O–H groups in total. The van der Waals surface area contributed by atoms with Gasteiger partial charge in [0, 0.05) is 20.2 Å². The molecule has 0 aromatic rings. The van der Waals surface area contributed by atoms with Crippen LogP contribution < -0.4 is 5.73 Å². The van der Waals surface area contributed by atoms with Crippen molar-refractivity contribution in [2.45, 2.75) is 6.42 Å². The third-order valence-electron chi connectivity index (χ3n) is 1.03. The molecule has 0 aliphatic heterocycles. The van der Waals surface area contributed by atoms with Gasteiger partial charge in [0.2, 0.25) is 0 Å². The van der Waals surface area contributed by atoms with Crippen molar-refractivity contribution in [1.82, 2.24) is 4.90 Å². The first kappa shape index (κ1) is 8.65. The fraction of sp³-hybridized carbons (Fsp3) is 0.800. The second kappa shape index (κ2) is 4.52. The summed E-state index contributed by atoms with van der Waals surface area (Å²) in [4.78, 5) is 1.73. The van der Waals surface area contributed by atoms with Crippen molar-refractivity contribution < 1.29 is 5.11 Å². The molecule has 3 nitrogen and oxygen atoms in total. The molecule has 0 heterocycles. The average molecular weight is 148 g/mol. The van der Waals surface area contributed by atoms with Crippen LogP contribution in [0.25, 0.3) is 0 Å². The maximum Gasteiger partial charge on any atom is 0.166 e. The van der Waals surface area contributed by atoms with E-state index in [-0.39, 0.29) is 6.61 Å². The molecule has 0 unspecified atom stereocenters. The Morgan fingerprint density at radius 2 is 2.33 bits per heavy atom. The van der Waals surface area contributed by atoms with Crippen LogP contribution in [0.2, 0.25) is 0 Å². The van der Waals surface area contributed by atoms with E-state index < -0.39 is 0 Å². The van der Waals surface area contributed by atoms with Crippen molar-refractivity contribution in [3.8, 4) is 0 Å². The smallest absolute Gasteiger partial charge is 0.166 e. The van der Waals surface area contributed by atoms with Crippen LogP contribution in [0.3, 0.4) is 0 Å². The Hall–Kier alpha value is -0.350. The Kier molecular flexibility index (Phi) is 4.35. The molecule has 0 aliphatic carbocycles. The van der Waals surface area contributed by atoms with Gasteiger partial charge in [-0.1, -0.05) is 0 Å². The molecule has 0 aromatic carbocycles. The van der Waals surface area contributed by atoms with Crippen LogP contribution in [0.1, 0.15) is 6.42 Å². The van der Waals surface area contributed by atoms with Crippen LogP contribution >= 0.6 is 12.2 Å². The first-order valence-electron chi connectivity index (χ1n) is 2.80.